The zero-order valence-electron chi connectivity index (χ0n) is 15.1. The van der Waals surface area contributed by atoms with Crippen molar-refractivity contribution in [1.82, 2.24) is 10.2 Å². The van der Waals surface area contributed by atoms with Gasteiger partial charge in [0.1, 0.15) is 5.25 Å². The first-order chi connectivity index (χ1) is 13.1. The van der Waals surface area contributed by atoms with Gasteiger partial charge in [-0.05, 0) is 16.3 Å². The van der Waals surface area contributed by atoms with Crippen LogP contribution in [0, 0.1) is 0 Å². The molecule has 1 N–H and O–H groups in total. The summed E-state index contributed by atoms with van der Waals surface area (Å²) in [6.07, 6.45) is 0.218. The van der Waals surface area contributed by atoms with E-state index in [0.717, 1.165) is 16.3 Å². The molecule has 0 aliphatic carbocycles. The average Bonchev–Trinajstić information content (AvgIpc) is 2.71. The van der Waals surface area contributed by atoms with Crippen LogP contribution < -0.4 is 5.32 Å². The summed E-state index contributed by atoms with van der Waals surface area (Å²) >= 11 is 1.49. The highest BCUT2D eigenvalue weighted by molar-refractivity contribution is 8.00. The maximum absolute atomic E-state index is 12.4. The first-order valence-electron chi connectivity index (χ1n) is 8.79. The lowest BCUT2D eigenvalue weighted by atomic mass is 10.0. The van der Waals surface area contributed by atoms with E-state index in [2.05, 4.69) is 5.32 Å². The Morgan fingerprint density at radius 3 is 2.78 bits per heavy atom. The van der Waals surface area contributed by atoms with Crippen LogP contribution in [-0.2, 0) is 25.5 Å². The van der Waals surface area contributed by atoms with Crippen molar-refractivity contribution in [2.45, 2.75) is 11.7 Å². The number of nitrogens with zero attached hydrogens (tertiary/aromatic N) is 1. The van der Waals surface area contributed by atoms with Crippen molar-refractivity contribution in [3.8, 4) is 0 Å². The van der Waals surface area contributed by atoms with Gasteiger partial charge in [-0.3, -0.25) is 14.4 Å². The molecule has 1 aliphatic rings. The third-order valence-corrected chi connectivity index (χ3v) is 5.71. The van der Waals surface area contributed by atoms with Gasteiger partial charge in [-0.25, -0.2) is 0 Å². The molecule has 0 bridgehead atoms. The van der Waals surface area contributed by atoms with Gasteiger partial charge in [-0.15, -0.1) is 11.8 Å². The van der Waals surface area contributed by atoms with E-state index in [1.54, 1.807) is 4.90 Å². The molecule has 6 nitrogen and oxygen atoms in total. The lowest BCUT2D eigenvalue weighted by Crippen LogP contribution is -2.48. The minimum Gasteiger partial charge on any atom is -0.468 e. The Morgan fingerprint density at radius 2 is 1.96 bits per heavy atom. The molecule has 0 unspecified atom stereocenters. The van der Waals surface area contributed by atoms with Crippen LogP contribution >= 0.6 is 11.8 Å². The molecular formula is C20H22N2O4S. The summed E-state index contributed by atoms with van der Waals surface area (Å²) in [5, 5.41) is 4.46. The van der Waals surface area contributed by atoms with E-state index in [1.807, 2.05) is 42.5 Å². The minimum atomic E-state index is -0.362. The fourth-order valence-electron chi connectivity index (χ4n) is 3.12. The van der Waals surface area contributed by atoms with Gasteiger partial charge in [0, 0.05) is 18.8 Å². The zero-order chi connectivity index (χ0) is 19.2. The van der Waals surface area contributed by atoms with Gasteiger partial charge < -0.3 is 15.0 Å². The number of ether oxygens (including phenoxy) is 1. The molecule has 7 heteroatoms. The molecule has 0 spiro atoms. The molecule has 0 saturated carbocycles. The number of methoxy groups -OCH3 is 1. The van der Waals surface area contributed by atoms with E-state index in [1.165, 1.54) is 18.9 Å². The number of amides is 2. The Kier molecular flexibility index (Phi) is 6.34. The maximum Gasteiger partial charge on any atom is 0.320 e. The highest BCUT2D eigenvalue weighted by Gasteiger charge is 2.29. The Balaban J connectivity index is 1.54. The van der Waals surface area contributed by atoms with Gasteiger partial charge in [-0.2, -0.15) is 0 Å². The summed E-state index contributed by atoms with van der Waals surface area (Å²) in [6, 6.07) is 13.8. The summed E-state index contributed by atoms with van der Waals surface area (Å²) < 4.78 is 4.75. The van der Waals surface area contributed by atoms with Gasteiger partial charge in [0.25, 0.3) is 0 Å². The van der Waals surface area contributed by atoms with E-state index in [0.29, 0.717) is 18.8 Å². The third-order valence-electron chi connectivity index (χ3n) is 4.55. The molecule has 1 saturated heterocycles. The van der Waals surface area contributed by atoms with Crippen molar-refractivity contribution in [3.63, 3.8) is 0 Å². The number of hydrogen-bond donors (Lipinski definition) is 1. The topological polar surface area (TPSA) is 75.7 Å². The lowest BCUT2D eigenvalue weighted by molar-refractivity contribution is -0.141. The number of rotatable bonds is 5. The van der Waals surface area contributed by atoms with Crippen molar-refractivity contribution >= 4 is 40.3 Å². The molecule has 2 aromatic carbocycles. The molecule has 1 aliphatic heterocycles. The number of benzene rings is 2. The number of hydrogen-bond acceptors (Lipinski definition) is 5. The van der Waals surface area contributed by atoms with Gasteiger partial charge in [0.2, 0.25) is 11.8 Å². The molecular weight excluding hydrogens is 364 g/mol. The second-order valence-corrected chi connectivity index (χ2v) is 7.62. The van der Waals surface area contributed by atoms with Gasteiger partial charge in [0.15, 0.2) is 0 Å². The molecule has 142 valence electrons. The molecule has 2 amide bonds. The van der Waals surface area contributed by atoms with E-state index < -0.39 is 0 Å². The number of carbonyl (C=O) groups excluding carboxylic acids is 3. The Bertz CT molecular complexity index is 849. The predicted molar refractivity (Wildman–Crippen MR) is 106 cm³/mol. The molecule has 0 aromatic heterocycles. The largest absolute Gasteiger partial charge is 0.468 e. The summed E-state index contributed by atoms with van der Waals surface area (Å²) in [5.41, 5.74) is 0.929. The van der Waals surface area contributed by atoms with Crippen LogP contribution in [0.3, 0.4) is 0 Å². The number of carbonyl (C=O) groups is 3. The van der Waals surface area contributed by atoms with E-state index in [-0.39, 0.29) is 36.0 Å². The van der Waals surface area contributed by atoms with E-state index in [9.17, 15) is 14.4 Å². The molecule has 1 fully saturated rings. The minimum absolute atomic E-state index is 0.0673. The first-order valence-corrected chi connectivity index (χ1v) is 9.84. The number of nitrogens with one attached hydrogen (secondary N) is 1. The van der Waals surface area contributed by atoms with E-state index >= 15 is 0 Å². The normalized spacial score (nSPS) is 16.8. The summed E-state index contributed by atoms with van der Waals surface area (Å²) in [5.74, 6) is -0.0290. The van der Waals surface area contributed by atoms with Crippen LogP contribution in [-0.4, -0.2) is 60.4 Å². The highest BCUT2D eigenvalue weighted by atomic mass is 32.2. The van der Waals surface area contributed by atoms with Crippen LogP contribution in [0.5, 0.6) is 0 Å². The highest BCUT2D eigenvalue weighted by Crippen LogP contribution is 2.20. The average molecular weight is 386 g/mol. The second kappa shape index (κ2) is 8.90. The van der Waals surface area contributed by atoms with Crippen molar-refractivity contribution in [3.05, 3.63) is 48.0 Å². The van der Waals surface area contributed by atoms with Crippen LogP contribution in [0.1, 0.15) is 5.56 Å². The zero-order valence-corrected chi connectivity index (χ0v) is 16.0. The molecule has 1 heterocycles. The molecule has 2 aromatic rings. The smallest absolute Gasteiger partial charge is 0.320 e. The standard InChI is InChI=1S/C20H22N2O4S/c1-26-20(25)17-13-22(9-10-27-17)19(24)12-21-18(23)11-15-7-4-6-14-5-2-3-8-16(14)15/h2-8,17H,9-13H2,1H3,(H,21,23)/t17-/m0/s1. The second-order valence-electron chi connectivity index (χ2n) is 6.31. The van der Waals surface area contributed by atoms with Crippen molar-refractivity contribution in [2.75, 3.05) is 32.5 Å². The van der Waals surface area contributed by atoms with Gasteiger partial charge in [-0.1, -0.05) is 42.5 Å². The van der Waals surface area contributed by atoms with Gasteiger partial charge >= 0.3 is 5.97 Å². The van der Waals surface area contributed by atoms with Crippen LogP contribution in [0.15, 0.2) is 42.5 Å². The van der Waals surface area contributed by atoms with Gasteiger partial charge in [0.05, 0.1) is 20.1 Å². The Labute approximate surface area is 162 Å². The third kappa shape index (κ3) is 4.80. The monoisotopic (exact) mass is 386 g/mol. The summed E-state index contributed by atoms with van der Waals surface area (Å²) in [6.45, 7) is 0.813. The first kappa shape index (κ1) is 19.2. The summed E-state index contributed by atoms with van der Waals surface area (Å²) in [4.78, 5) is 37.9. The SMILES string of the molecule is COC(=O)[C@@H]1CN(C(=O)CNC(=O)Cc2cccc3ccccc23)CCS1. The fraction of sp³-hybridized carbons (Fsp3) is 0.350. The van der Waals surface area contributed by atoms with Crippen LogP contribution in [0.25, 0.3) is 10.8 Å². The quantitative estimate of drug-likeness (QED) is 0.791. The molecule has 27 heavy (non-hydrogen) atoms. The van der Waals surface area contributed by atoms with Crippen LogP contribution in [0.2, 0.25) is 0 Å². The summed E-state index contributed by atoms with van der Waals surface area (Å²) in [7, 11) is 1.34. The Morgan fingerprint density at radius 1 is 1.19 bits per heavy atom. The number of fused-ring (bicyclic) bond motifs is 1. The van der Waals surface area contributed by atoms with Crippen LogP contribution in [0.4, 0.5) is 0 Å². The number of esters is 1. The predicted octanol–water partition coefficient (Wildman–Crippen LogP) is 1.62. The van der Waals surface area contributed by atoms with Crippen molar-refractivity contribution in [1.29, 1.82) is 0 Å². The lowest BCUT2D eigenvalue weighted by Gasteiger charge is -2.31. The van der Waals surface area contributed by atoms with Crippen molar-refractivity contribution < 1.29 is 19.1 Å². The number of thioether (sulfide) groups is 1. The van der Waals surface area contributed by atoms with Crippen molar-refractivity contribution in [2.24, 2.45) is 0 Å². The maximum atomic E-state index is 12.4. The van der Waals surface area contributed by atoms with E-state index in [4.69, 9.17) is 4.74 Å². The fourth-order valence-corrected chi connectivity index (χ4v) is 4.25. The molecule has 1 atom stereocenters. The molecule has 0 radical (unpaired) electrons. The molecule has 3 rings (SSSR count). The Hall–Kier alpha value is -2.54.